The summed E-state index contributed by atoms with van der Waals surface area (Å²) in [6.07, 6.45) is 0. The second kappa shape index (κ2) is 6.76. The lowest BCUT2D eigenvalue weighted by atomic mass is 10.1. The molecule has 2 aromatic carbocycles. The van der Waals surface area contributed by atoms with E-state index in [-0.39, 0.29) is 11.5 Å². The number of aryl methyl sites for hydroxylation is 1. The van der Waals surface area contributed by atoms with E-state index in [9.17, 15) is 9.18 Å². The lowest BCUT2D eigenvalue weighted by molar-refractivity contribution is 0.0594. The van der Waals surface area contributed by atoms with Gasteiger partial charge in [0.05, 0.1) is 31.1 Å². The summed E-state index contributed by atoms with van der Waals surface area (Å²) in [7, 11) is 2.86. The number of pyridine rings is 1. The maximum Gasteiger partial charge on any atom is 0.356 e. The molecule has 0 aliphatic heterocycles. The molecular weight excluding hydrogens is 323 g/mol. The predicted molar refractivity (Wildman–Crippen MR) is 94.1 cm³/mol. The number of hydrogen-bond acceptors (Lipinski definition) is 5. The fraction of sp³-hybridized carbons (Fsp3) is 0.158. The topological polar surface area (TPSA) is 60.5 Å². The number of carbonyl (C=O) groups is 1. The van der Waals surface area contributed by atoms with E-state index in [2.05, 4.69) is 10.3 Å². The Bertz CT molecular complexity index is 957. The molecule has 128 valence electrons. The molecule has 25 heavy (non-hydrogen) atoms. The standard InChI is InChI=1S/C19H17FN2O3/c1-11-4-7-18(24-2)16(8-11)22-15-10-17(19(23)25-3)21-14-6-5-12(20)9-13(14)15/h4-10H,1-3H3,(H,21,22). The van der Waals surface area contributed by atoms with Crippen molar-refractivity contribution in [2.24, 2.45) is 0 Å². The summed E-state index contributed by atoms with van der Waals surface area (Å²) in [5.74, 6) is -0.323. The van der Waals surface area contributed by atoms with Gasteiger partial charge >= 0.3 is 5.97 Å². The van der Waals surface area contributed by atoms with Crippen molar-refractivity contribution < 1.29 is 18.7 Å². The Labute approximate surface area is 144 Å². The van der Waals surface area contributed by atoms with E-state index >= 15 is 0 Å². The Morgan fingerprint density at radius 1 is 1.08 bits per heavy atom. The van der Waals surface area contributed by atoms with Gasteiger partial charge in [-0.05, 0) is 48.9 Å². The number of carbonyl (C=O) groups excluding carboxylic acids is 1. The van der Waals surface area contributed by atoms with Crippen molar-refractivity contribution in [3.05, 3.63) is 59.5 Å². The lowest BCUT2D eigenvalue weighted by Crippen LogP contribution is -2.06. The monoisotopic (exact) mass is 340 g/mol. The first-order valence-corrected chi connectivity index (χ1v) is 7.62. The number of aromatic nitrogens is 1. The second-order valence-corrected chi connectivity index (χ2v) is 5.54. The van der Waals surface area contributed by atoms with Crippen LogP contribution in [0.15, 0.2) is 42.5 Å². The van der Waals surface area contributed by atoms with Gasteiger partial charge in [-0.15, -0.1) is 0 Å². The fourth-order valence-corrected chi connectivity index (χ4v) is 2.58. The van der Waals surface area contributed by atoms with Crippen LogP contribution in [-0.4, -0.2) is 25.2 Å². The zero-order valence-corrected chi connectivity index (χ0v) is 14.1. The van der Waals surface area contributed by atoms with Crippen LogP contribution in [0.25, 0.3) is 10.9 Å². The molecule has 0 fully saturated rings. The maximum absolute atomic E-state index is 13.7. The van der Waals surface area contributed by atoms with Gasteiger partial charge in [0.15, 0.2) is 5.69 Å². The first-order chi connectivity index (χ1) is 12.0. The van der Waals surface area contributed by atoms with E-state index in [0.717, 1.165) is 5.56 Å². The van der Waals surface area contributed by atoms with Crippen LogP contribution in [0, 0.1) is 12.7 Å². The number of ether oxygens (including phenoxy) is 2. The minimum Gasteiger partial charge on any atom is -0.495 e. The van der Waals surface area contributed by atoms with Crippen molar-refractivity contribution >= 4 is 28.2 Å². The quantitative estimate of drug-likeness (QED) is 0.721. The van der Waals surface area contributed by atoms with Crippen molar-refractivity contribution in [1.82, 2.24) is 4.98 Å². The van der Waals surface area contributed by atoms with E-state index in [1.807, 2.05) is 25.1 Å². The number of nitrogens with zero attached hydrogens (tertiary/aromatic N) is 1. The third-order valence-corrected chi connectivity index (χ3v) is 3.79. The van der Waals surface area contributed by atoms with Gasteiger partial charge in [0.25, 0.3) is 0 Å². The van der Waals surface area contributed by atoms with Gasteiger partial charge in [0.2, 0.25) is 0 Å². The number of anilines is 2. The first-order valence-electron chi connectivity index (χ1n) is 7.62. The molecule has 1 aromatic heterocycles. The average Bonchev–Trinajstić information content (AvgIpc) is 2.61. The SMILES string of the molecule is COC(=O)c1cc(Nc2cc(C)ccc2OC)c2cc(F)ccc2n1. The van der Waals surface area contributed by atoms with Crippen LogP contribution in [0.2, 0.25) is 0 Å². The number of esters is 1. The Morgan fingerprint density at radius 3 is 2.60 bits per heavy atom. The second-order valence-electron chi connectivity index (χ2n) is 5.54. The normalized spacial score (nSPS) is 10.6. The molecule has 0 atom stereocenters. The van der Waals surface area contributed by atoms with Crippen LogP contribution < -0.4 is 10.1 Å². The van der Waals surface area contributed by atoms with Crippen molar-refractivity contribution in [3.8, 4) is 5.75 Å². The van der Waals surface area contributed by atoms with Crippen LogP contribution in [-0.2, 0) is 4.74 Å². The Hall–Kier alpha value is -3.15. The summed E-state index contributed by atoms with van der Waals surface area (Å²) < 4.78 is 23.8. The predicted octanol–water partition coefficient (Wildman–Crippen LogP) is 4.22. The molecular formula is C19H17FN2O3. The smallest absolute Gasteiger partial charge is 0.356 e. The Kier molecular flexibility index (Phi) is 4.52. The molecule has 3 aromatic rings. The molecule has 0 saturated heterocycles. The molecule has 0 saturated carbocycles. The minimum absolute atomic E-state index is 0.135. The highest BCUT2D eigenvalue weighted by Crippen LogP contribution is 2.32. The molecule has 0 aliphatic carbocycles. The summed E-state index contributed by atoms with van der Waals surface area (Å²) in [5.41, 5.74) is 2.89. The van der Waals surface area contributed by atoms with E-state index in [0.29, 0.717) is 28.0 Å². The van der Waals surface area contributed by atoms with Crippen LogP contribution in [0.3, 0.4) is 0 Å². The molecule has 0 bridgehead atoms. The van der Waals surface area contributed by atoms with Crippen LogP contribution in [0.4, 0.5) is 15.8 Å². The van der Waals surface area contributed by atoms with Gasteiger partial charge < -0.3 is 14.8 Å². The van der Waals surface area contributed by atoms with Gasteiger partial charge in [0, 0.05) is 5.39 Å². The Balaban J connectivity index is 2.18. The molecule has 0 radical (unpaired) electrons. The molecule has 0 unspecified atom stereocenters. The van der Waals surface area contributed by atoms with Gasteiger partial charge in [-0.2, -0.15) is 0 Å². The number of halogens is 1. The Morgan fingerprint density at radius 2 is 1.88 bits per heavy atom. The van der Waals surface area contributed by atoms with E-state index < -0.39 is 5.97 Å². The van der Waals surface area contributed by atoms with Crippen molar-refractivity contribution in [1.29, 1.82) is 0 Å². The summed E-state index contributed by atoms with van der Waals surface area (Å²) in [4.78, 5) is 16.1. The van der Waals surface area contributed by atoms with E-state index in [1.54, 1.807) is 7.11 Å². The molecule has 0 aliphatic rings. The van der Waals surface area contributed by atoms with Crippen LogP contribution in [0.5, 0.6) is 5.75 Å². The molecule has 3 rings (SSSR count). The number of rotatable bonds is 4. The number of methoxy groups -OCH3 is 2. The highest BCUT2D eigenvalue weighted by Gasteiger charge is 2.14. The number of nitrogens with one attached hydrogen (secondary N) is 1. The van der Waals surface area contributed by atoms with E-state index in [4.69, 9.17) is 9.47 Å². The number of benzene rings is 2. The lowest BCUT2D eigenvalue weighted by Gasteiger charge is -2.15. The molecule has 0 amide bonds. The van der Waals surface area contributed by atoms with Crippen LogP contribution >= 0.6 is 0 Å². The number of fused-ring (bicyclic) bond motifs is 1. The van der Waals surface area contributed by atoms with Crippen molar-refractivity contribution in [3.63, 3.8) is 0 Å². The number of hydrogen-bond donors (Lipinski definition) is 1. The maximum atomic E-state index is 13.7. The minimum atomic E-state index is -0.564. The van der Waals surface area contributed by atoms with Crippen molar-refractivity contribution in [2.45, 2.75) is 6.92 Å². The summed E-state index contributed by atoms with van der Waals surface area (Å²) in [6, 6.07) is 11.4. The van der Waals surface area contributed by atoms with Gasteiger partial charge in [-0.25, -0.2) is 14.2 Å². The summed E-state index contributed by atoms with van der Waals surface area (Å²) in [6.45, 7) is 1.95. The molecule has 0 spiro atoms. The fourth-order valence-electron chi connectivity index (χ4n) is 2.58. The average molecular weight is 340 g/mol. The van der Waals surface area contributed by atoms with Crippen molar-refractivity contribution in [2.75, 3.05) is 19.5 Å². The molecule has 6 heteroatoms. The molecule has 1 heterocycles. The first kappa shape index (κ1) is 16.7. The largest absolute Gasteiger partial charge is 0.495 e. The molecule has 5 nitrogen and oxygen atoms in total. The zero-order chi connectivity index (χ0) is 18.0. The third-order valence-electron chi connectivity index (χ3n) is 3.79. The van der Waals surface area contributed by atoms with E-state index in [1.165, 1.54) is 31.4 Å². The molecule has 1 N–H and O–H groups in total. The summed E-state index contributed by atoms with van der Waals surface area (Å²) in [5, 5.41) is 3.77. The highest BCUT2D eigenvalue weighted by atomic mass is 19.1. The van der Waals surface area contributed by atoms with Gasteiger partial charge in [-0.1, -0.05) is 6.07 Å². The summed E-state index contributed by atoms with van der Waals surface area (Å²) >= 11 is 0. The zero-order valence-electron chi connectivity index (χ0n) is 14.1. The highest BCUT2D eigenvalue weighted by molar-refractivity contribution is 5.99. The van der Waals surface area contributed by atoms with Gasteiger partial charge in [-0.3, -0.25) is 0 Å². The van der Waals surface area contributed by atoms with Gasteiger partial charge in [0.1, 0.15) is 11.6 Å². The third kappa shape index (κ3) is 3.38. The van der Waals surface area contributed by atoms with Crippen LogP contribution in [0.1, 0.15) is 16.1 Å².